The molecule has 5 heteroatoms. The topological polar surface area (TPSA) is 55.1 Å². The second-order valence-corrected chi connectivity index (χ2v) is 6.45. The molecule has 1 unspecified atom stereocenters. The summed E-state index contributed by atoms with van der Waals surface area (Å²) in [5.41, 5.74) is 6.58. The van der Waals surface area contributed by atoms with Crippen LogP contribution in [-0.2, 0) is 4.79 Å². The number of carbonyl (C=O) groups excluding carboxylic acids is 1. The minimum absolute atomic E-state index is 0.138. The van der Waals surface area contributed by atoms with E-state index < -0.39 is 6.04 Å². The number of benzene rings is 1. The summed E-state index contributed by atoms with van der Waals surface area (Å²) in [7, 11) is 0. The SMILES string of the molecule is CC(C)CC(N)C(=O)Nc1ccc(I)cc1Br. The van der Waals surface area contributed by atoms with Crippen molar-refractivity contribution in [2.75, 3.05) is 5.32 Å². The van der Waals surface area contributed by atoms with Crippen LogP contribution in [0.4, 0.5) is 5.69 Å². The molecule has 1 aromatic rings. The third kappa shape index (κ3) is 4.93. The molecule has 3 N–H and O–H groups in total. The van der Waals surface area contributed by atoms with Gasteiger partial charge in [-0.05, 0) is 69.1 Å². The van der Waals surface area contributed by atoms with E-state index in [1.165, 1.54) is 0 Å². The molecule has 0 aliphatic heterocycles. The third-order valence-electron chi connectivity index (χ3n) is 2.25. The molecule has 0 fully saturated rings. The maximum Gasteiger partial charge on any atom is 0.241 e. The molecule has 17 heavy (non-hydrogen) atoms. The molecule has 0 spiro atoms. The van der Waals surface area contributed by atoms with Gasteiger partial charge >= 0.3 is 0 Å². The summed E-state index contributed by atoms with van der Waals surface area (Å²) in [4.78, 5) is 11.8. The van der Waals surface area contributed by atoms with E-state index in [1.54, 1.807) is 0 Å². The van der Waals surface area contributed by atoms with E-state index in [1.807, 2.05) is 32.0 Å². The van der Waals surface area contributed by atoms with Crippen molar-refractivity contribution in [2.45, 2.75) is 26.3 Å². The second-order valence-electron chi connectivity index (χ2n) is 4.35. The first-order valence-electron chi connectivity index (χ1n) is 5.41. The van der Waals surface area contributed by atoms with Gasteiger partial charge in [-0.25, -0.2) is 0 Å². The molecule has 3 nitrogen and oxygen atoms in total. The quantitative estimate of drug-likeness (QED) is 0.747. The van der Waals surface area contributed by atoms with E-state index in [0.29, 0.717) is 12.3 Å². The van der Waals surface area contributed by atoms with Crippen LogP contribution in [-0.4, -0.2) is 11.9 Å². The maximum atomic E-state index is 11.8. The zero-order valence-corrected chi connectivity index (χ0v) is 13.6. The van der Waals surface area contributed by atoms with Gasteiger partial charge in [0.25, 0.3) is 0 Å². The summed E-state index contributed by atoms with van der Waals surface area (Å²) in [6.45, 7) is 4.10. The number of carbonyl (C=O) groups is 1. The predicted molar refractivity (Wildman–Crippen MR) is 82.9 cm³/mol. The summed E-state index contributed by atoms with van der Waals surface area (Å²) in [5.74, 6) is 0.275. The lowest BCUT2D eigenvalue weighted by atomic mass is 10.0. The van der Waals surface area contributed by atoms with Gasteiger partial charge in [0.1, 0.15) is 0 Å². The van der Waals surface area contributed by atoms with Crippen molar-refractivity contribution in [3.05, 3.63) is 26.2 Å². The Balaban J connectivity index is 2.67. The highest BCUT2D eigenvalue weighted by molar-refractivity contribution is 14.1. The number of halogens is 2. The van der Waals surface area contributed by atoms with Gasteiger partial charge in [-0.2, -0.15) is 0 Å². The van der Waals surface area contributed by atoms with E-state index >= 15 is 0 Å². The fraction of sp³-hybridized carbons (Fsp3) is 0.417. The third-order valence-corrected chi connectivity index (χ3v) is 3.58. The van der Waals surface area contributed by atoms with E-state index in [4.69, 9.17) is 5.73 Å². The molecule has 1 rings (SSSR count). The molecule has 1 aromatic carbocycles. The highest BCUT2D eigenvalue weighted by Crippen LogP contribution is 2.24. The van der Waals surface area contributed by atoms with Crippen LogP contribution in [0.5, 0.6) is 0 Å². The molecule has 0 heterocycles. The molecule has 0 aromatic heterocycles. The van der Waals surface area contributed by atoms with Crippen molar-refractivity contribution in [1.82, 2.24) is 0 Å². The van der Waals surface area contributed by atoms with Crippen molar-refractivity contribution < 1.29 is 4.79 Å². The van der Waals surface area contributed by atoms with Crippen LogP contribution in [0.25, 0.3) is 0 Å². The highest BCUT2D eigenvalue weighted by Gasteiger charge is 2.15. The minimum Gasteiger partial charge on any atom is -0.324 e. The number of rotatable bonds is 4. The average Bonchev–Trinajstić information content (AvgIpc) is 2.21. The predicted octanol–water partition coefficient (Wildman–Crippen LogP) is 3.37. The first kappa shape index (κ1) is 14.9. The first-order valence-corrected chi connectivity index (χ1v) is 7.29. The Hall–Kier alpha value is -0.140. The maximum absolute atomic E-state index is 11.8. The van der Waals surface area contributed by atoms with Gasteiger partial charge in [-0.3, -0.25) is 4.79 Å². The smallest absolute Gasteiger partial charge is 0.241 e. The van der Waals surface area contributed by atoms with Gasteiger partial charge in [-0.15, -0.1) is 0 Å². The van der Waals surface area contributed by atoms with E-state index in [9.17, 15) is 4.79 Å². The zero-order valence-electron chi connectivity index (χ0n) is 9.84. The molecule has 0 saturated heterocycles. The van der Waals surface area contributed by atoms with E-state index in [2.05, 4.69) is 43.8 Å². The van der Waals surface area contributed by atoms with E-state index in [0.717, 1.165) is 13.7 Å². The largest absolute Gasteiger partial charge is 0.324 e. The number of nitrogens with one attached hydrogen (secondary N) is 1. The van der Waals surface area contributed by atoms with Crippen LogP contribution in [0.1, 0.15) is 20.3 Å². The zero-order chi connectivity index (χ0) is 13.0. The van der Waals surface area contributed by atoms with Crippen LogP contribution < -0.4 is 11.1 Å². The molecule has 1 amide bonds. The number of nitrogens with two attached hydrogens (primary N) is 1. The number of hydrogen-bond acceptors (Lipinski definition) is 2. The number of amides is 1. The van der Waals surface area contributed by atoms with Crippen LogP contribution >= 0.6 is 38.5 Å². The molecule has 0 saturated carbocycles. The second kappa shape index (κ2) is 6.70. The number of anilines is 1. The van der Waals surface area contributed by atoms with Crippen molar-refractivity contribution in [3.8, 4) is 0 Å². The monoisotopic (exact) mass is 410 g/mol. The van der Waals surface area contributed by atoms with Crippen molar-refractivity contribution >= 4 is 50.1 Å². The van der Waals surface area contributed by atoms with Crippen molar-refractivity contribution in [1.29, 1.82) is 0 Å². The standard InChI is InChI=1S/C12H16BrIN2O/c1-7(2)5-10(15)12(17)16-11-4-3-8(14)6-9(11)13/h3-4,6-7,10H,5,15H2,1-2H3,(H,16,17). The molecule has 1 atom stereocenters. The van der Waals surface area contributed by atoms with Crippen LogP contribution in [0.2, 0.25) is 0 Å². The van der Waals surface area contributed by atoms with Crippen LogP contribution in [0, 0.1) is 9.49 Å². The van der Waals surface area contributed by atoms with Crippen molar-refractivity contribution in [2.24, 2.45) is 11.7 Å². The Morgan fingerprint density at radius 3 is 2.71 bits per heavy atom. The van der Waals surface area contributed by atoms with Gasteiger partial charge in [0, 0.05) is 8.04 Å². The molecule has 0 radical (unpaired) electrons. The van der Waals surface area contributed by atoms with Gasteiger partial charge in [0.15, 0.2) is 0 Å². The lowest BCUT2D eigenvalue weighted by Gasteiger charge is -2.15. The summed E-state index contributed by atoms with van der Waals surface area (Å²) < 4.78 is 1.98. The molecule has 0 aliphatic rings. The Bertz CT molecular complexity index is 409. The molecular formula is C12H16BrIN2O. The summed E-state index contributed by atoms with van der Waals surface area (Å²) in [6.07, 6.45) is 0.688. The minimum atomic E-state index is -0.457. The lowest BCUT2D eigenvalue weighted by molar-refractivity contribution is -0.117. The average molecular weight is 411 g/mol. The highest BCUT2D eigenvalue weighted by atomic mass is 127. The fourth-order valence-corrected chi connectivity index (χ4v) is 2.83. The molecule has 0 bridgehead atoms. The first-order chi connectivity index (χ1) is 7.90. The summed E-state index contributed by atoms with van der Waals surface area (Å²) in [5, 5.41) is 2.83. The van der Waals surface area contributed by atoms with Crippen LogP contribution in [0.15, 0.2) is 22.7 Å². The van der Waals surface area contributed by atoms with Gasteiger partial charge in [0.2, 0.25) is 5.91 Å². The number of hydrogen-bond donors (Lipinski definition) is 2. The van der Waals surface area contributed by atoms with Crippen LogP contribution in [0.3, 0.4) is 0 Å². The normalized spacial score (nSPS) is 12.6. The Kier molecular flexibility index (Phi) is 5.88. The van der Waals surface area contributed by atoms with Gasteiger partial charge in [-0.1, -0.05) is 13.8 Å². The fourth-order valence-electron chi connectivity index (χ4n) is 1.43. The summed E-state index contributed by atoms with van der Waals surface area (Å²) >= 11 is 5.63. The van der Waals surface area contributed by atoms with E-state index in [-0.39, 0.29) is 5.91 Å². The van der Waals surface area contributed by atoms with Crippen molar-refractivity contribution in [3.63, 3.8) is 0 Å². The lowest BCUT2D eigenvalue weighted by Crippen LogP contribution is -2.36. The van der Waals surface area contributed by atoms with Gasteiger partial charge < -0.3 is 11.1 Å². The molecular weight excluding hydrogens is 395 g/mol. The summed E-state index contributed by atoms with van der Waals surface area (Å²) in [6, 6.07) is 5.30. The van der Waals surface area contributed by atoms with Gasteiger partial charge in [0.05, 0.1) is 11.7 Å². The Morgan fingerprint density at radius 1 is 1.53 bits per heavy atom. The Labute approximate surface area is 124 Å². The molecule has 94 valence electrons. The molecule has 0 aliphatic carbocycles. The Morgan fingerprint density at radius 2 is 2.18 bits per heavy atom.